The molecule has 1 atom stereocenters. The molecule has 1 aliphatic rings. The van der Waals surface area contributed by atoms with Crippen molar-refractivity contribution in [2.24, 2.45) is 0 Å². The van der Waals surface area contributed by atoms with Crippen molar-refractivity contribution in [3.8, 4) is 0 Å². The molecule has 6 heteroatoms. The third-order valence-electron chi connectivity index (χ3n) is 3.06. The predicted octanol–water partition coefficient (Wildman–Crippen LogP) is 1.08. The van der Waals surface area contributed by atoms with E-state index in [9.17, 15) is 9.59 Å². The van der Waals surface area contributed by atoms with Gasteiger partial charge in [0.2, 0.25) is 0 Å². The molecule has 1 fully saturated rings. The Kier molecular flexibility index (Phi) is 4.46. The highest BCUT2D eigenvalue weighted by atomic mass is 16.5. The maximum Gasteiger partial charge on any atom is 0.338 e. The van der Waals surface area contributed by atoms with Crippen LogP contribution in [0.3, 0.4) is 0 Å². The number of aromatic carboxylic acids is 1. The zero-order valence-electron chi connectivity index (χ0n) is 10.5. The highest BCUT2D eigenvalue weighted by molar-refractivity contribution is 6.04. The smallest absolute Gasteiger partial charge is 0.338 e. The third-order valence-corrected chi connectivity index (χ3v) is 3.06. The summed E-state index contributed by atoms with van der Waals surface area (Å²) < 4.78 is 5.50. The molecule has 1 unspecified atom stereocenters. The van der Waals surface area contributed by atoms with Gasteiger partial charge in [-0.3, -0.25) is 9.78 Å². The van der Waals surface area contributed by atoms with Crippen molar-refractivity contribution in [3.05, 3.63) is 29.6 Å². The minimum Gasteiger partial charge on any atom is -0.478 e. The first kappa shape index (κ1) is 13.5. The van der Waals surface area contributed by atoms with E-state index in [0.717, 1.165) is 25.9 Å². The molecule has 0 spiro atoms. The molecule has 2 rings (SSSR count). The molecular weight excluding hydrogens is 248 g/mol. The number of carboxylic acids is 1. The zero-order chi connectivity index (χ0) is 13.7. The van der Waals surface area contributed by atoms with Gasteiger partial charge in [-0.25, -0.2) is 4.79 Å². The van der Waals surface area contributed by atoms with E-state index in [2.05, 4.69) is 10.3 Å². The molecule has 0 saturated carbocycles. The number of carbonyl (C=O) groups is 2. The molecule has 19 heavy (non-hydrogen) atoms. The Morgan fingerprint density at radius 3 is 2.95 bits per heavy atom. The average molecular weight is 264 g/mol. The average Bonchev–Trinajstić information content (AvgIpc) is 2.46. The van der Waals surface area contributed by atoms with Crippen molar-refractivity contribution in [2.45, 2.75) is 25.4 Å². The van der Waals surface area contributed by atoms with Crippen molar-refractivity contribution in [1.29, 1.82) is 0 Å². The maximum absolute atomic E-state index is 12.0. The standard InChI is InChI=1S/C13H16N2O4/c16-12(15-7-9-3-1-2-6-19-9)10-4-5-14-8-11(10)13(17)18/h4-5,8-9H,1-3,6-7H2,(H,15,16)(H,17,18). The molecule has 1 saturated heterocycles. The van der Waals surface area contributed by atoms with Crippen LogP contribution in [0.1, 0.15) is 40.0 Å². The Labute approximate surface area is 110 Å². The topological polar surface area (TPSA) is 88.5 Å². The first-order valence-electron chi connectivity index (χ1n) is 6.25. The summed E-state index contributed by atoms with van der Waals surface area (Å²) in [6.07, 6.45) is 5.66. The lowest BCUT2D eigenvalue weighted by Crippen LogP contribution is -2.36. The molecule has 1 aromatic heterocycles. The van der Waals surface area contributed by atoms with Gasteiger partial charge >= 0.3 is 5.97 Å². The summed E-state index contributed by atoms with van der Waals surface area (Å²) in [6.45, 7) is 1.12. The third kappa shape index (κ3) is 3.51. The largest absolute Gasteiger partial charge is 0.478 e. The quantitative estimate of drug-likeness (QED) is 0.849. The fourth-order valence-corrected chi connectivity index (χ4v) is 2.03. The van der Waals surface area contributed by atoms with E-state index in [1.54, 1.807) is 0 Å². The van der Waals surface area contributed by atoms with Gasteiger partial charge in [-0.2, -0.15) is 0 Å². The molecule has 0 aliphatic carbocycles. The van der Waals surface area contributed by atoms with E-state index in [1.807, 2.05) is 0 Å². The molecule has 2 N–H and O–H groups in total. The molecule has 0 radical (unpaired) electrons. The second-order valence-corrected chi connectivity index (χ2v) is 4.43. The van der Waals surface area contributed by atoms with Gasteiger partial charge in [-0.15, -0.1) is 0 Å². The number of carboxylic acid groups (broad SMARTS) is 1. The Bertz CT molecular complexity index is 469. The maximum atomic E-state index is 12.0. The summed E-state index contributed by atoms with van der Waals surface area (Å²) in [5.74, 6) is -1.57. The number of nitrogens with one attached hydrogen (secondary N) is 1. The van der Waals surface area contributed by atoms with Crippen LogP contribution in [-0.2, 0) is 4.74 Å². The van der Waals surface area contributed by atoms with Gasteiger partial charge in [0.25, 0.3) is 5.91 Å². The fourth-order valence-electron chi connectivity index (χ4n) is 2.03. The van der Waals surface area contributed by atoms with Crippen LogP contribution >= 0.6 is 0 Å². The lowest BCUT2D eigenvalue weighted by Gasteiger charge is -2.22. The number of ether oxygens (including phenoxy) is 1. The summed E-state index contributed by atoms with van der Waals surface area (Å²) in [6, 6.07) is 1.40. The van der Waals surface area contributed by atoms with Gasteiger partial charge in [0.15, 0.2) is 0 Å². The van der Waals surface area contributed by atoms with Crippen LogP contribution in [0.5, 0.6) is 0 Å². The Morgan fingerprint density at radius 2 is 2.26 bits per heavy atom. The van der Waals surface area contributed by atoms with Crippen molar-refractivity contribution >= 4 is 11.9 Å². The van der Waals surface area contributed by atoms with E-state index in [4.69, 9.17) is 9.84 Å². The number of hydrogen-bond donors (Lipinski definition) is 2. The number of carbonyl (C=O) groups excluding carboxylic acids is 1. The highest BCUT2D eigenvalue weighted by Crippen LogP contribution is 2.12. The van der Waals surface area contributed by atoms with Crippen molar-refractivity contribution < 1.29 is 19.4 Å². The molecule has 0 bridgehead atoms. The predicted molar refractivity (Wildman–Crippen MR) is 67.1 cm³/mol. The fraction of sp³-hybridized carbons (Fsp3) is 0.462. The van der Waals surface area contributed by atoms with E-state index in [-0.39, 0.29) is 17.2 Å². The van der Waals surface area contributed by atoms with Crippen LogP contribution in [0.25, 0.3) is 0 Å². The molecule has 102 valence electrons. The van der Waals surface area contributed by atoms with Crippen LogP contribution in [0.4, 0.5) is 0 Å². The van der Waals surface area contributed by atoms with E-state index < -0.39 is 11.9 Å². The van der Waals surface area contributed by atoms with Gasteiger partial charge in [0.05, 0.1) is 17.2 Å². The van der Waals surface area contributed by atoms with Gasteiger partial charge in [-0.1, -0.05) is 0 Å². The molecule has 1 aromatic rings. The lowest BCUT2D eigenvalue weighted by molar-refractivity contribution is 0.0169. The first-order chi connectivity index (χ1) is 9.18. The van der Waals surface area contributed by atoms with Crippen LogP contribution in [0.2, 0.25) is 0 Å². The second-order valence-electron chi connectivity index (χ2n) is 4.43. The number of aromatic nitrogens is 1. The Morgan fingerprint density at radius 1 is 1.42 bits per heavy atom. The number of nitrogens with zero attached hydrogens (tertiary/aromatic N) is 1. The number of amides is 1. The summed E-state index contributed by atoms with van der Waals surface area (Å²) in [7, 11) is 0. The number of hydrogen-bond acceptors (Lipinski definition) is 4. The highest BCUT2D eigenvalue weighted by Gasteiger charge is 2.19. The molecular formula is C13H16N2O4. The molecule has 6 nitrogen and oxygen atoms in total. The normalized spacial score (nSPS) is 18.8. The van der Waals surface area contributed by atoms with Gasteiger partial charge in [0, 0.05) is 25.5 Å². The van der Waals surface area contributed by atoms with E-state index in [1.165, 1.54) is 18.5 Å². The van der Waals surface area contributed by atoms with Gasteiger partial charge in [-0.05, 0) is 25.3 Å². The summed E-state index contributed by atoms with van der Waals surface area (Å²) in [5, 5.41) is 11.7. The summed E-state index contributed by atoms with van der Waals surface area (Å²) in [4.78, 5) is 26.7. The molecule has 2 heterocycles. The van der Waals surface area contributed by atoms with E-state index in [0.29, 0.717) is 6.54 Å². The SMILES string of the molecule is O=C(O)c1cnccc1C(=O)NCC1CCCCO1. The minimum atomic E-state index is -1.16. The Balaban J connectivity index is 1.97. The minimum absolute atomic E-state index is 0.0211. The van der Waals surface area contributed by atoms with Crippen LogP contribution < -0.4 is 5.32 Å². The lowest BCUT2D eigenvalue weighted by atomic mass is 10.1. The molecule has 1 amide bonds. The van der Waals surface area contributed by atoms with Crippen LogP contribution in [0.15, 0.2) is 18.5 Å². The summed E-state index contributed by atoms with van der Waals surface area (Å²) >= 11 is 0. The van der Waals surface area contributed by atoms with E-state index >= 15 is 0 Å². The van der Waals surface area contributed by atoms with Crippen LogP contribution in [0, 0.1) is 0 Å². The molecule has 1 aliphatic heterocycles. The van der Waals surface area contributed by atoms with Crippen LogP contribution in [-0.4, -0.2) is 41.2 Å². The van der Waals surface area contributed by atoms with Crippen molar-refractivity contribution in [1.82, 2.24) is 10.3 Å². The van der Waals surface area contributed by atoms with Crippen molar-refractivity contribution in [3.63, 3.8) is 0 Å². The molecule has 0 aromatic carbocycles. The Hall–Kier alpha value is -1.95. The summed E-state index contributed by atoms with van der Waals surface area (Å²) in [5.41, 5.74) is 0.0304. The first-order valence-corrected chi connectivity index (χ1v) is 6.25. The van der Waals surface area contributed by atoms with Gasteiger partial charge in [0.1, 0.15) is 0 Å². The van der Waals surface area contributed by atoms with Crippen molar-refractivity contribution in [2.75, 3.05) is 13.2 Å². The second kappa shape index (κ2) is 6.29. The van der Waals surface area contributed by atoms with Gasteiger partial charge < -0.3 is 15.2 Å². The monoisotopic (exact) mass is 264 g/mol. The zero-order valence-corrected chi connectivity index (χ0v) is 10.5. The number of rotatable bonds is 4. The number of pyridine rings is 1.